The van der Waals surface area contributed by atoms with Crippen molar-refractivity contribution in [2.75, 3.05) is 12.4 Å². The van der Waals surface area contributed by atoms with E-state index in [0.29, 0.717) is 17.9 Å². The lowest BCUT2D eigenvalue weighted by molar-refractivity contribution is -0.118. The molecule has 1 aromatic carbocycles. The van der Waals surface area contributed by atoms with Crippen molar-refractivity contribution in [2.24, 2.45) is 11.7 Å². The lowest BCUT2D eigenvalue weighted by Crippen LogP contribution is -2.32. The molecule has 0 saturated carbocycles. The highest BCUT2D eigenvalue weighted by Gasteiger charge is 2.19. The van der Waals surface area contributed by atoms with E-state index in [1.54, 1.807) is 25.3 Å². The van der Waals surface area contributed by atoms with Gasteiger partial charge >= 0.3 is 0 Å². The molecular weight excluding hydrogens is 316 g/mol. The van der Waals surface area contributed by atoms with Crippen LogP contribution in [0, 0.1) is 5.92 Å². The largest absolute Gasteiger partial charge is 0.495 e. The third kappa shape index (κ3) is 3.68. The minimum atomic E-state index is -0.449. The van der Waals surface area contributed by atoms with Crippen LogP contribution >= 0.6 is 28.1 Å². The Labute approximate surface area is 120 Å². The average Bonchev–Trinajstić information content (AvgIpc) is 2.32. The molecule has 1 unspecified atom stereocenters. The number of rotatable bonds is 5. The highest BCUT2D eigenvalue weighted by Crippen LogP contribution is 2.28. The first kappa shape index (κ1) is 14.9. The van der Waals surface area contributed by atoms with Crippen LogP contribution in [0.2, 0.25) is 0 Å². The topological polar surface area (TPSA) is 64.3 Å². The van der Waals surface area contributed by atoms with Crippen LogP contribution in [0.25, 0.3) is 0 Å². The van der Waals surface area contributed by atoms with E-state index in [4.69, 9.17) is 22.7 Å². The van der Waals surface area contributed by atoms with Crippen molar-refractivity contribution in [3.63, 3.8) is 0 Å². The molecule has 0 aliphatic carbocycles. The number of halogens is 1. The number of benzene rings is 1. The summed E-state index contributed by atoms with van der Waals surface area (Å²) in [5.74, 6) is 0.000177. The van der Waals surface area contributed by atoms with E-state index in [1.165, 1.54) is 0 Å². The van der Waals surface area contributed by atoms with Gasteiger partial charge in [0.2, 0.25) is 5.91 Å². The van der Waals surface area contributed by atoms with Gasteiger partial charge in [-0.25, -0.2) is 0 Å². The van der Waals surface area contributed by atoms with Crippen molar-refractivity contribution >= 4 is 44.7 Å². The second kappa shape index (κ2) is 6.70. The van der Waals surface area contributed by atoms with E-state index >= 15 is 0 Å². The van der Waals surface area contributed by atoms with Crippen LogP contribution in [-0.4, -0.2) is 18.0 Å². The maximum atomic E-state index is 11.9. The van der Waals surface area contributed by atoms with Crippen LogP contribution < -0.4 is 15.8 Å². The van der Waals surface area contributed by atoms with Crippen molar-refractivity contribution in [3.8, 4) is 5.75 Å². The van der Waals surface area contributed by atoms with Crippen molar-refractivity contribution < 1.29 is 9.53 Å². The Hall–Kier alpha value is -1.14. The van der Waals surface area contributed by atoms with Crippen LogP contribution in [0.1, 0.15) is 13.3 Å². The zero-order valence-corrected chi connectivity index (χ0v) is 12.6. The molecule has 0 bridgehead atoms. The lowest BCUT2D eigenvalue weighted by Gasteiger charge is -2.14. The fourth-order valence-electron chi connectivity index (χ4n) is 1.48. The molecule has 0 aliphatic rings. The van der Waals surface area contributed by atoms with Gasteiger partial charge in [0.05, 0.1) is 22.5 Å². The fraction of sp³-hybridized carbons (Fsp3) is 0.333. The van der Waals surface area contributed by atoms with Gasteiger partial charge in [0, 0.05) is 11.8 Å². The summed E-state index contributed by atoms with van der Waals surface area (Å²) in [5.41, 5.74) is 6.17. The average molecular weight is 331 g/mol. The molecule has 0 aliphatic heterocycles. The Morgan fingerprint density at radius 3 is 2.78 bits per heavy atom. The molecule has 18 heavy (non-hydrogen) atoms. The predicted molar refractivity (Wildman–Crippen MR) is 79.9 cm³/mol. The molecule has 0 saturated heterocycles. The number of ether oxygens (including phenoxy) is 1. The summed E-state index contributed by atoms with van der Waals surface area (Å²) in [4.78, 5) is 12.1. The number of nitrogens with one attached hydrogen (secondary N) is 1. The maximum Gasteiger partial charge on any atom is 0.234 e. The van der Waals surface area contributed by atoms with E-state index in [2.05, 4.69) is 21.2 Å². The third-order valence-corrected chi connectivity index (χ3v) is 3.43. The lowest BCUT2D eigenvalue weighted by atomic mass is 10.1. The van der Waals surface area contributed by atoms with Crippen LogP contribution in [0.3, 0.4) is 0 Å². The predicted octanol–water partition coefficient (Wildman–Crippen LogP) is 2.71. The number of methoxy groups -OCH3 is 1. The molecule has 3 N–H and O–H groups in total. The van der Waals surface area contributed by atoms with Crippen LogP contribution in [0.15, 0.2) is 22.7 Å². The van der Waals surface area contributed by atoms with E-state index in [-0.39, 0.29) is 10.9 Å². The SMILES string of the molecule is CCC(C(=O)Nc1ccc(Br)c(OC)c1)C(N)=S. The number of thiocarbonyl (C=S) groups is 1. The third-order valence-electron chi connectivity index (χ3n) is 2.49. The van der Waals surface area contributed by atoms with Gasteiger partial charge in [-0.3, -0.25) is 4.79 Å². The zero-order valence-electron chi connectivity index (χ0n) is 10.2. The Kier molecular flexibility index (Phi) is 5.55. The summed E-state index contributed by atoms with van der Waals surface area (Å²) < 4.78 is 5.98. The highest BCUT2D eigenvalue weighted by molar-refractivity contribution is 9.10. The van der Waals surface area contributed by atoms with Gasteiger partial charge in [0.25, 0.3) is 0 Å². The fourth-order valence-corrected chi connectivity index (χ4v) is 2.16. The number of hydrogen-bond acceptors (Lipinski definition) is 3. The van der Waals surface area contributed by atoms with E-state index in [1.807, 2.05) is 6.92 Å². The van der Waals surface area contributed by atoms with Gasteiger partial charge in [-0.15, -0.1) is 0 Å². The van der Waals surface area contributed by atoms with Gasteiger partial charge in [0.1, 0.15) is 5.75 Å². The molecule has 4 nitrogen and oxygen atoms in total. The molecule has 1 amide bonds. The van der Waals surface area contributed by atoms with Gasteiger partial charge in [-0.1, -0.05) is 19.1 Å². The molecule has 0 heterocycles. The summed E-state index contributed by atoms with van der Waals surface area (Å²) in [6.45, 7) is 1.87. The smallest absolute Gasteiger partial charge is 0.234 e. The van der Waals surface area contributed by atoms with Crippen molar-refractivity contribution in [1.82, 2.24) is 0 Å². The maximum absolute atomic E-state index is 11.9. The molecule has 0 aromatic heterocycles. The quantitative estimate of drug-likeness (QED) is 0.815. The normalized spacial score (nSPS) is 11.7. The zero-order chi connectivity index (χ0) is 13.7. The van der Waals surface area contributed by atoms with Crippen LogP contribution in [0.5, 0.6) is 5.75 Å². The van der Waals surface area contributed by atoms with E-state index in [9.17, 15) is 4.79 Å². The van der Waals surface area contributed by atoms with Gasteiger partial charge in [-0.2, -0.15) is 0 Å². The molecule has 98 valence electrons. The molecular formula is C12H15BrN2O2S. The minimum absolute atomic E-state index is 0.200. The summed E-state index contributed by atoms with van der Waals surface area (Å²) in [6.07, 6.45) is 0.578. The van der Waals surface area contributed by atoms with Crippen LogP contribution in [-0.2, 0) is 4.79 Å². The first-order valence-corrected chi connectivity index (χ1v) is 6.63. The standard InChI is InChI=1S/C12H15BrN2O2S/c1-3-8(11(14)18)12(16)15-7-4-5-9(13)10(6-7)17-2/h4-6,8H,3H2,1-2H3,(H2,14,18)(H,15,16). The summed E-state index contributed by atoms with van der Waals surface area (Å²) in [7, 11) is 1.57. The minimum Gasteiger partial charge on any atom is -0.495 e. The summed E-state index contributed by atoms with van der Waals surface area (Å²) in [5, 5.41) is 2.77. The monoisotopic (exact) mass is 330 g/mol. The van der Waals surface area contributed by atoms with E-state index in [0.717, 1.165) is 4.47 Å². The first-order chi connectivity index (χ1) is 8.49. The summed E-state index contributed by atoms with van der Waals surface area (Å²) in [6, 6.07) is 5.31. The first-order valence-electron chi connectivity index (χ1n) is 5.43. The van der Waals surface area contributed by atoms with Crippen molar-refractivity contribution in [1.29, 1.82) is 0 Å². The second-order valence-corrected chi connectivity index (χ2v) is 5.03. The second-order valence-electron chi connectivity index (χ2n) is 3.70. The number of carbonyl (C=O) groups is 1. The van der Waals surface area contributed by atoms with Gasteiger partial charge in [0.15, 0.2) is 0 Å². The van der Waals surface area contributed by atoms with Crippen molar-refractivity contribution in [2.45, 2.75) is 13.3 Å². The van der Waals surface area contributed by atoms with Gasteiger partial charge < -0.3 is 15.8 Å². The van der Waals surface area contributed by atoms with Crippen LogP contribution in [0.4, 0.5) is 5.69 Å². The number of nitrogens with two attached hydrogens (primary N) is 1. The molecule has 6 heteroatoms. The van der Waals surface area contributed by atoms with Gasteiger partial charge in [-0.05, 0) is 34.5 Å². The number of anilines is 1. The van der Waals surface area contributed by atoms with Crippen molar-refractivity contribution in [3.05, 3.63) is 22.7 Å². The Balaban J connectivity index is 2.84. The summed E-state index contributed by atoms with van der Waals surface area (Å²) >= 11 is 8.21. The Morgan fingerprint density at radius 2 is 2.28 bits per heavy atom. The Morgan fingerprint density at radius 1 is 1.61 bits per heavy atom. The molecule has 0 spiro atoms. The Bertz CT molecular complexity index is 465. The van der Waals surface area contributed by atoms with E-state index < -0.39 is 5.92 Å². The molecule has 1 atom stereocenters. The number of carbonyl (C=O) groups excluding carboxylic acids is 1. The molecule has 0 fully saturated rings. The molecule has 1 aromatic rings. The highest BCUT2D eigenvalue weighted by atomic mass is 79.9. The molecule has 1 rings (SSSR count). The molecule has 0 radical (unpaired) electrons. The number of amides is 1. The number of hydrogen-bond donors (Lipinski definition) is 2.